The Kier molecular flexibility index (Phi) is 4.62. The van der Waals surface area contributed by atoms with Gasteiger partial charge in [-0.25, -0.2) is 0 Å². The molecule has 3 heterocycles. The molecule has 1 saturated heterocycles. The van der Waals surface area contributed by atoms with E-state index in [0.717, 1.165) is 63.2 Å². The van der Waals surface area contributed by atoms with Crippen molar-refractivity contribution in [2.45, 2.75) is 63.7 Å². The van der Waals surface area contributed by atoms with Crippen LogP contribution in [0.4, 0.5) is 0 Å². The van der Waals surface area contributed by atoms with Crippen molar-refractivity contribution in [2.24, 2.45) is 5.16 Å². The standard InChI is InChI=1S/C25H30N2O2/c1-24(2)12-11-20-9-6-10-21(23(20)28-24)18-27-15-13-25(14-16-27)17-22(26-29-25)19-7-4-3-5-8-19/h3-10H,11-18H2,1-2H3. The summed E-state index contributed by atoms with van der Waals surface area (Å²) in [5.41, 5.74) is 4.76. The average molecular weight is 391 g/mol. The van der Waals surface area contributed by atoms with Crippen LogP contribution in [0.25, 0.3) is 0 Å². The van der Waals surface area contributed by atoms with Crippen LogP contribution in [-0.4, -0.2) is 34.9 Å². The molecule has 0 aliphatic carbocycles. The van der Waals surface area contributed by atoms with Crippen LogP contribution in [0.3, 0.4) is 0 Å². The molecule has 5 rings (SSSR count). The lowest BCUT2D eigenvalue weighted by molar-refractivity contribution is -0.0628. The highest BCUT2D eigenvalue weighted by Crippen LogP contribution is 2.39. The number of hydrogen-bond acceptors (Lipinski definition) is 4. The molecule has 0 unspecified atom stereocenters. The van der Waals surface area contributed by atoms with Crippen LogP contribution in [0.1, 0.15) is 56.2 Å². The zero-order valence-electron chi connectivity index (χ0n) is 17.5. The maximum absolute atomic E-state index is 6.38. The normalized spacial score (nSPS) is 22.5. The molecule has 4 nitrogen and oxygen atoms in total. The number of hydrogen-bond donors (Lipinski definition) is 0. The fraction of sp³-hybridized carbons (Fsp3) is 0.480. The van der Waals surface area contributed by atoms with Gasteiger partial charge in [-0.2, -0.15) is 0 Å². The number of fused-ring (bicyclic) bond motifs is 1. The lowest BCUT2D eigenvalue weighted by Crippen LogP contribution is -2.44. The number of likely N-dealkylation sites (tertiary alicyclic amines) is 1. The SMILES string of the molecule is CC1(C)CCc2cccc(CN3CCC4(CC3)CC(c3ccccc3)=NO4)c2O1. The monoisotopic (exact) mass is 390 g/mol. The van der Waals surface area contributed by atoms with E-state index in [0.29, 0.717) is 0 Å². The summed E-state index contributed by atoms with van der Waals surface area (Å²) < 4.78 is 6.38. The van der Waals surface area contributed by atoms with E-state index in [4.69, 9.17) is 9.57 Å². The van der Waals surface area contributed by atoms with Crippen LogP contribution in [0, 0.1) is 0 Å². The van der Waals surface area contributed by atoms with Gasteiger partial charge in [0.2, 0.25) is 0 Å². The summed E-state index contributed by atoms with van der Waals surface area (Å²) in [7, 11) is 0. The Morgan fingerprint density at radius 2 is 1.76 bits per heavy atom. The van der Waals surface area contributed by atoms with Crippen LogP contribution in [-0.2, 0) is 17.8 Å². The maximum atomic E-state index is 6.38. The molecule has 2 aromatic rings. The van der Waals surface area contributed by atoms with Crippen molar-refractivity contribution in [3.63, 3.8) is 0 Å². The third-order valence-electron chi connectivity index (χ3n) is 6.66. The van der Waals surface area contributed by atoms with Crippen molar-refractivity contribution in [1.29, 1.82) is 0 Å². The predicted molar refractivity (Wildman–Crippen MR) is 115 cm³/mol. The van der Waals surface area contributed by atoms with Crippen LogP contribution < -0.4 is 4.74 Å². The molecule has 0 amide bonds. The first kappa shape index (κ1) is 18.7. The van der Waals surface area contributed by atoms with E-state index >= 15 is 0 Å². The average Bonchev–Trinajstić information content (AvgIpc) is 3.14. The third-order valence-corrected chi connectivity index (χ3v) is 6.66. The Labute approximate surface area is 173 Å². The first-order valence-corrected chi connectivity index (χ1v) is 10.8. The fourth-order valence-electron chi connectivity index (χ4n) is 4.79. The number of nitrogens with zero attached hydrogens (tertiary/aromatic N) is 2. The lowest BCUT2D eigenvalue weighted by Gasteiger charge is -2.38. The van der Waals surface area contributed by atoms with Gasteiger partial charge in [0.15, 0.2) is 0 Å². The Morgan fingerprint density at radius 3 is 2.55 bits per heavy atom. The van der Waals surface area contributed by atoms with Gasteiger partial charge in [0.1, 0.15) is 17.0 Å². The Morgan fingerprint density at radius 1 is 0.966 bits per heavy atom. The fourth-order valence-corrected chi connectivity index (χ4v) is 4.79. The summed E-state index contributed by atoms with van der Waals surface area (Å²) in [5, 5.41) is 4.44. The molecule has 0 aromatic heterocycles. The Bertz CT molecular complexity index is 912. The molecule has 29 heavy (non-hydrogen) atoms. The van der Waals surface area contributed by atoms with Gasteiger partial charge in [-0.05, 0) is 37.8 Å². The minimum absolute atomic E-state index is 0.0715. The van der Waals surface area contributed by atoms with Crippen LogP contribution in [0.2, 0.25) is 0 Å². The first-order chi connectivity index (χ1) is 14.0. The molecule has 1 spiro atoms. The van der Waals surface area contributed by atoms with E-state index in [-0.39, 0.29) is 11.2 Å². The Balaban J connectivity index is 1.23. The predicted octanol–water partition coefficient (Wildman–Crippen LogP) is 4.95. The van der Waals surface area contributed by atoms with Gasteiger partial charge in [-0.1, -0.05) is 53.7 Å². The smallest absolute Gasteiger partial charge is 0.145 e. The van der Waals surface area contributed by atoms with Gasteiger partial charge in [-0.3, -0.25) is 4.90 Å². The van der Waals surface area contributed by atoms with Crippen molar-refractivity contribution in [3.8, 4) is 5.75 Å². The second kappa shape index (κ2) is 7.17. The molecule has 3 aliphatic heterocycles. The van der Waals surface area contributed by atoms with E-state index in [1.807, 2.05) is 6.07 Å². The van der Waals surface area contributed by atoms with E-state index < -0.39 is 0 Å². The maximum Gasteiger partial charge on any atom is 0.145 e. The number of rotatable bonds is 3. The topological polar surface area (TPSA) is 34.1 Å². The molecule has 0 radical (unpaired) electrons. The summed E-state index contributed by atoms with van der Waals surface area (Å²) in [6, 6.07) is 17.0. The van der Waals surface area contributed by atoms with E-state index in [1.54, 1.807) is 0 Å². The van der Waals surface area contributed by atoms with E-state index in [1.165, 1.54) is 16.7 Å². The molecule has 152 valence electrons. The number of aryl methyl sites for hydroxylation is 1. The van der Waals surface area contributed by atoms with Crippen molar-refractivity contribution >= 4 is 5.71 Å². The molecule has 0 bridgehead atoms. The van der Waals surface area contributed by atoms with Crippen LogP contribution in [0.5, 0.6) is 5.75 Å². The minimum atomic E-state index is -0.115. The molecule has 0 saturated carbocycles. The zero-order valence-corrected chi connectivity index (χ0v) is 17.5. The second-order valence-corrected chi connectivity index (χ2v) is 9.40. The molecular formula is C25H30N2O2. The highest BCUT2D eigenvalue weighted by atomic mass is 16.7. The van der Waals surface area contributed by atoms with E-state index in [9.17, 15) is 0 Å². The van der Waals surface area contributed by atoms with Gasteiger partial charge in [0.25, 0.3) is 0 Å². The quantitative estimate of drug-likeness (QED) is 0.744. The molecular weight excluding hydrogens is 360 g/mol. The Hall–Kier alpha value is -2.33. The molecule has 0 atom stereocenters. The van der Waals surface area contributed by atoms with Gasteiger partial charge < -0.3 is 9.57 Å². The number of oxime groups is 1. The number of benzene rings is 2. The highest BCUT2D eigenvalue weighted by molar-refractivity contribution is 6.01. The summed E-state index contributed by atoms with van der Waals surface area (Å²) in [6.07, 6.45) is 5.15. The number of piperidine rings is 1. The summed E-state index contributed by atoms with van der Waals surface area (Å²) in [5.74, 6) is 1.12. The summed E-state index contributed by atoms with van der Waals surface area (Å²) >= 11 is 0. The minimum Gasteiger partial charge on any atom is -0.487 e. The van der Waals surface area contributed by atoms with Gasteiger partial charge >= 0.3 is 0 Å². The number of ether oxygens (including phenoxy) is 1. The molecule has 0 N–H and O–H groups in total. The zero-order chi connectivity index (χ0) is 19.9. The second-order valence-electron chi connectivity index (χ2n) is 9.40. The van der Waals surface area contributed by atoms with Gasteiger partial charge in [0.05, 0.1) is 5.71 Å². The lowest BCUT2D eigenvalue weighted by atomic mass is 9.85. The summed E-state index contributed by atoms with van der Waals surface area (Å²) in [6.45, 7) is 7.40. The van der Waals surface area contributed by atoms with Gasteiger partial charge in [-0.15, -0.1) is 0 Å². The molecule has 4 heteroatoms. The van der Waals surface area contributed by atoms with Gasteiger partial charge in [0, 0.05) is 44.5 Å². The van der Waals surface area contributed by atoms with Crippen molar-refractivity contribution < 1.29 is 9.57 Å². The third kappa shape index (κ3) is 3.78. The van der Waals surface area contributed by atoms with E-state index in [2.05, 4.69) is 66.4 Å². The van der Waals surface area contributed by atoms with Crippen molar-refractivity contribution in [1.82, 2.24) is 4.90 Å². The van der Waals surface area contributed by atoms with Crippen LogP contribution >= 0.6 is 0 Å². The van der Waals surface area contributed by atoms with Crippen LogP contribution in [0.15, 0.2) is 53.7 Å². The molecule has 2 aromatic carbocycles. The summed E-state index contributed by atoms with van der Waals surface area (Å²) in [4.78, 5) is 8.54. The first-order valence-electron chi connectivity index (χ1n) is 10.8. The molecule has 3 aliphatic rings. The largest absolute Gasteiger partial charge is 0.487 e. The van der Waals surface area contributed by atoms with Crippen molar-refractivity contribution in [3.05, 3.63) is 65.2 Å². The molecule has 1 fully saturated rings. The van der Waals surface area contributed by atoms with Crippen molar-refractivity contribution in [2.75, 3.05) is 13.1 Å². The highest BCUT2D eigenvalue weighted by Gasteiger charge is 2.42. The number of para-hydroxylation sites is 1.